The van der Waals surface area contributed by atoms with Crippen molar-refractivity contribution < 1.29 is 20.1 Å². The third-order valence-corrected chi connectivity index (χ3v) is 5.21. The molecule has 0 unspecified atom stereocenters. The van der Waals surface area contributed by atoms with Gasteiger partial charge in [0.15, 0.2) is 0 Å². The van der Waals surface area contributed by atoms with Gasteiger partial charge in [-0.2, -0.15) is 0 Å². The first kappa shape index (κ1) is 21.1. The Morgan fingerprint density at radius 1 is 0.594 bits per heavy atom. The number of phenolic OH excluding ortho intramolecular Hbond substituents is 3. The standard InChI is InChI=1S/C27H25NO4/c1-17-11-23(31)14-25(12-17)32-24-6-4-5-20(13-24)28(26-15-21(29)9-7-18(26)2)27-16-22(30)10-8-19(27)3/h4-16,29-31H,1-3H3. The number of aromatic hydroxyl groups is 3. The normalized spacial score (nSPS) is 10.7. The number of aryl methyl sites for hydroxylation is 3. The molecule has 0 fully saturated rings. The number of anilines is 3. The first-order valence-corrected chi connectivity index (χ1v) is 10.3. The van der Waals surface area contributed by atoms with Gasteiger partial charge in [-0.3, -0.25) is 0 Å². The minimum atomic E-state index is 0.142. The number of benzene rings is 4. The van der Waals surface area contributed by atoms with Crippen LogP contribution in [0.25, 0.3) is 0 Å². The number of rotatable bonds is 5. The molecule has 0 spiro atoms. The Balaban J connectivity index is 1.84. The summed E-state index contributed by atoms with van der Waals surface area (Å²) in [4.78, 5) is 1.98. The van der Waals surface area contributed by atoms with Crippen molar-refractivity contribution >= 4 is 17.1 Å². The molecular weight excluding hydrogens is 402 g/mol. The molecule has 5 nitrogen and oxygen atoms in total. The number of ether oxygens (including phenoxy) is 1. The Morgan fingerprint density at radius 3 is 1.81 bits per heavy atom. The highest BCUT2D eigenvalue weighted by Crippen LogP contribution is 2.42. The van der Waals surface area contributed by atoms with E-state index in [0.717, 1.165) is 33.8 Å². The van der Waals surface area contributed by atoms with Crippen molar-refractivity contribution in [2.24, 2.45) is 0 Å². The van der Waals surface area contributed by atoms with Gasteiger partial charge in [0, 0.05) is 30.0 Å². The van der Waals surface area contributed by atoms with E-state index in [1.54, 1.807) is 36.4 Å². The van der Waals surface area contributed by atoms with E-state index in [1.807, 2.05) is 68.1 Å². The Bertz CT molecular complexity index is 1210. The fourth-order valence-electron chi connectivity index (χ4n) is 3.69. The van der Waals surface area contributed by atoms with Gasteiger partial charge in [-0.25, -0.2) is 0 Å². The molecule has 4 aromatic rings. The van der Waals surface area contributed by atoms with E-state index < -0.39 is 0 Å². The number of nitrogens with zero attached hydrogens (tertiary/aromatic N) is 1. The first-order valence-electron chi connectivity index (χ1n) is 10.3. The fourth-order valence-corrected chi connectivity index (χ4v) is 3.69. The quantitative estimate of drug-likeness (QED) is 0.320. The van der Waals surface area contributed by atoms with Crippen molar-refractivity contribution in [3.8, 4) is 28.7 Å². The predicted octanol–water partition coefficient (Wildman–Crippen LogP) is 6.99. The molecule has 0 bridgehead atoms. The molecule has 0 radical (unpaired) electrons. The van der Waals surface area contributed by atoms with Gasteiger partial charge in [-0.15, -0.1) is 0 Å². The maximum atomic E-state index is 10.2. The number of phenols is 3. The van der Waals surface area contributed by atoms with E-state index in [1.165, 1.54) is 0 Å². The average molecular weight is 428 g/mol. The summed E-state index contributed by atoms with van der Waals surface area (Å²) in [7, 11) is 0. The molecule has 0 saturated carbocycles. The van der Waals surface area contributed by atoms with Gasteiger partial charge in [0.2, 0.25) is 0 Å². The van der Waals surface area contributed by atoms with Gasteiger partial charge in [-0.05, 0) is 73.9 Å². The first-order chi connectivity index (χ1) is 15.3. The Labute approximate surface area is 187 Å². The maximum absolute atomic E-state index is 10.2. The van der Waals surface area contributed by atoms with Gasteiger partial charge in [0.1, 0.15) is 28.7 Å². The highest BCUT2D eigenvalue weighted by atomic mass is 16.5. The van der Waals surface area contributed by atoms with Crippen LogP contribution < -0.4 is 9.64 Å². The monoisotopic (exact) mass is 427 g/mol. The minimum Gasteiger partial charge on any atom is -0.508 e. The summed E-state index contributed by atoms with van der Waals surface area (Å²) in [5, 5.41) is 30.3. The molecule has 0 amide bonds. The molecular formula is C27H25NO4. The summed E-state index contributed by atoms with van der Waals surface area (Å²) in [6, 6.07) is 23.0. The molecule has 162 valence electrons. The molecule has 32 heavy (non-hydrogen) atoms. The highest BCUT2D eigenvalue weighted by Gasteiger charge is 2.18. The third-order valence-electron chi connectivity index (χ3n) is 5.21. The summed E-state index contributed by atoms with van der Waals surface area (Å²) in [5.74, 6) is 1.57. The van der Waals surface area contributed by atoms with Crippen LogP contribution >= 0.6 is 0 Å². The SMILES string of the molecule is Cc1cc(O)cc(Oc2cccc(N(c3cc(O)ccc3C)c3cc(O)ccc3C)c2)c1. The summed E-state index contributed by atoms with van der Waals surface area (Å²) in [6.45, 7) is 5.83. The van der Waals surface area contributed by atoms with Crippen LogP contribution in [0.1, 0.15) is 16.7 Å². The van der Waals surface area contributed by atoms with Crippen molar-refractivity contribution in [3.63, 3.8) is 0 Å². The van der Waals surface area contributed by atoms with Crippen LogP contribution in [0, 0.1) is 20.8 Å². The van der Waals surface area contributed by atoms with E-state index in [4.69, 9.17) is 4.74 Å². The lowest BCUT2D eigenvalue weighted by molar-refractivity contribution is 0.454. The smallest absolute Gasteiger partial charge is 0.131 e. The maximum Gasteiger partial charge on any atom is 0.131 e. The molecule has 0 aliphatic carbocycles. The zero-order chi connectivity index (χ0) is 22.8. The van der Waals surface area contributed by atoms with Gasteiger partial charge >= 0.3 is 0 Å². The molecule has 0 saturated heterocycles. The Morgan fingerprint density at radius 2 is 1.22 bits per heavy atom. The number of hydrogen-bond acceptors (Lipinski definition) is 5. The van der Waals surface area contributed by atoms with Gasteiger partial charge in [0.05, 0.1) is 11.4 Å². The van der Waals surface area contributed by atoms with Crippen LogP contribution in [-0.4, -0.2) is 15.3 Å². The molecule has 0 aliphatic heterocycles. The second-order valence-corrected chi connectivity index (χ2v) is 7.88. The summed E-state index contributed by atoms with van der Waals surface area (Å²) in [6.07, 6.45) is 0. The van der Waals surface area contributed by atoms with Crippen molar-refractivity contribution in [1.82, 2.24) is 0 Å². The van der Waals surface area contributed by atoms with Crippen LogP contribution in [0.5, 0.6) is 28.7 Å². The molecule has 4 aromatic carbocycles. The molecule has 5 heteroatoms. The van der Waals surface area contributed by atoms with Crippen LogP contribution in [0.3, 0.4) is 0 Å². The molecule has 0 heterocycles. The second kappa shape index (κ2) is 8.55. The molecule has 0 aromatic heterocycles. The minimum absolute atomic E-state index is 0.142. The molecule has 0 atom stereocenters. The zero-order valence-electron chi connectivity index (χ0n) is 18.2. The lowest BCUT2D eigenvalue weighted by atomic mass is 10.1. The van der Waals surface area contributed by atoms with Gasteiger partial charge in [0.25, 0.3) is 0 Å². The van der Waals surface area contributed by atoms with Crippen LogP contribution in [0.2, 0.25) is 0 Å². The molecule has 0 aliphatic rings. The second-order valence-electron chi connectivity index (χ2n) is 7.88. The Hall–Kier alpha value is -4.12. The van der Waals surface area contributed by atoms with Crippen LogP contribution in [0.4, 0.5) is 17.1 Å². The van der Waals surface area contributed by atoms with Crippen LogP contribution in [-0.2, 0) is 0 Å². The lowest BCUT2D eigenvalue weighted by Crippen LogP contribution is -2.12. The number of hydrogen-bond donors (Lipinski definition) is 3. The summed E-state index contributed by atoms with van der Waals surface area (Å²) < 4.78 is 6.03. The lowest BCUT2D eigenvalue weighted by Gasteiger charge is -2.29. The highest BCUT2D eigenvalue weighted by molar-refractivity contribution is 5.81. The van der Waals surface area contributed by atoms with E-state index in [9.17, 15) is 15.3 Å². The van der Waals surface area contributed by atoms with Crippen LogP contribution in [0.15, 0.2) is 78.9 Å². The largest absolute Gasteiger partial charge is 0.508 e. The van der Waals surface area contributed by atoms with E-state index in [0.29, 0.717) is 11.5 Å². The van der Waals surface area contributed by atoms with Crippen molar-refractivity contribution in [2.45, 2.75) is 20.8 Å². The van der Waals surface area contributed by atoms with Gasteiger partial charge in [-0.1, -0.05) is 18.2 Å². The van der Waals surface area contributed by atoms with E-state index >= 15 is 0 Å². The fraction of sp³-hybridized carbons (Fsp3) is 0.111. The van der Waals surface area contributed by atoms with Gasteiger partial charge < -0.3 is 25.0 Å². The molecule has 4 rings (SSSR count). The predicted molar refractivity (Wildman–Crippen MR) is 127 cm³/mol. The van der Waals surface area contributed by atoms with E-state index in [-0.39, 0.29) is 17.2 Å². The van der Waals surface area contributed by atoms with E-state index in [2.05, 4.69) is 0 Å². The summed E-state index contributed by atoms with van der Waals surface area (Å²) >= 11 is 0. The molecule has 3 N–H and O–H groups in total. The average Bonchev–Trinajstić information content (AvgIpc) is 2.73. The van der Waals surface area contributed by atoms with Crippen molar-refractivity contribution in [3.05, 3.63) is 95.6 Å². The van der Waals surface area contributed by atoms with Crippen molar-refractivity contribution in [2.75, 3.05) is 4.90 Å². The third kappa shape index (κ3) is 4.47. The zero-order valence-corrected chi connectivity index (χ0v) is 18.2. The van der Waals surface area contributed by atoms with Crippen molar-refractivity contribution in [1.29, 1.82) is 0 Å². The summed E-state index contributed by atoms with van der Waals surface area (Å²) in [5.41, 5.74) is 5.17. The Kier molecular flexibility index (Phi) is 5.65. The topological polar surface area (TPSA) is 73.2 Å².